The Morgan fingerprint density at radius 3 is 2.68 bits per heavy atom. The monoisotopic (exact) mass is 287 g/mol. The number of hydrogen-bond acceptors (Lipinski definition) is 3. The van der Waals surface area contributed by atoms with Crippen molar-refractivity contribution in [3.8, 4) is 5.75 Å². The first-order valence-electron chi connectivity index (χ1n) is 5.74. The van der Waals surface area contributed by atoms with Crippen molar-refractivity contribution in [3.05, 3.63) is 59.8 Å². The van der Waals surface area contributed by atoms with Crippen molar-refractivity contribution in [1.29, 1.82) is 0 Å². The summed E-state index contributed by atoms with van der Waals surface area (Å²) in [6.45, 7) is 0. The minimum Gasteiger partial charge on any atom is -0.507 e. The minimum atomic E-state index is 0.284. The van der Waals surface area contributed by atoms with E-state index < -0.39 is 0 Å². The number of benzene rings is 2. The second-order valence-electron chi connectivity index (χ2n) is 4.04. The number of aromatic hydroxyl groups is 1. The van der Waals surface area contributed by atoms with Crippen LogP contribution >= 0.6 is 23.4 Å². The number of pyridine rings is 1. The second kappa shape index (κ2) is 5.11. The van der Waals surface area contributed by atoms with Gasteiger partial charge in [-0.2, -0.15) is 0 Å². The quantitative estimate of drug-likeness (QED) is 0.739. The molecule has 0 saturated heterocycles. The molecule has 19 heavy (non-hydrogen) atoms. The third-order valence-electron chi connectivity index (χ3n) is 2.75. The van der Waals surface area contributed by atoms with Crippen molar-refractivity contribution in [2.75, 3.05) is 0 Å². The van der Waals surface area contributed by atoms with Crippen LogP contribution in [0.5, 0.6) is 5.75 Å². The Labute approximate surface area is 120 Å². The molecular formula is C15H10ClNOS. The molecule has 0 aliphatic carbocycles. The van der Waals surface area contributed by atoms with E-state index in [9.17, 15) is 5.11 Å². The van der Waals surface area contributed by atoms with Crippen LogP contribution in [0.2, 0.25) is 5.02 Å². The maximum absolute atomic E-state index is 9.83. The number of aromatic nitrogens is 1. The number of nitrogens with zero attached hydrogens (tertiary/aromatic N) is 1. The lowest BCUT2D eigenvalue weighted by Crippen LogP contribution is -1.82. The lowest BCUT2D eigenvalue weighted by molar-refractivity contribution is 0.462. The lowest BCUT2D eigenvalue weighted by atomic mass is 10.2. The van der Waals surface area contributed by atoms with Crippen LogP contribution in [0.3, 0.4) is 0 Å². The molecule has 94 valence electrons. The highest BCUT2D eigenvalue weighted by Crippen LogP contribution is 2.37. The van der Waals surface area contributed by atoms with E-state index in [1.165, 1.54) is 11.8 Å². The predicted octanol–water partition coefficient (Wildman–Crippen LogP) is 4.75. The van der Waals surface area contributed by atoms with Crippen molar-refractivity contribution in [1.82, 2.24) is 4.98 Å². The highest BCUT2D eigenvalue weighted by atomic mass is 35.5. The predicted molar refractivity (Wildman–Crippen MR) is 79.0 cm³/mol. The number of phenols is 1. The minimum absolute atomic E-state index is 0.284. The zero-order valence-electron chi connectivity index (χ0n) is 9.88. The molecule has 0 spiro atoms. The summed E-state index contributed by atoms with van der Waals surface area (Å²) in [4.78, 5) is 6.18. The van der Waals surface area contributed by atoms with E-state index in [2.05, 4.69) is 4.98 Å². The number of hydrogen-bond donors (Lipinski definition) is 1. The Kier molecular flexibility index (Phi) is 3.32. The van der Waals surface area contributed by atoms with Crippen LogP contribution in [0.25, 0.3) is 10.9 Å². The lowest BCUT2D eigenvalue weighted by Gasteiger charge is -2.07. The maximum atomic E-state index is 9.83. The first-order chi connectivity index (χ1) is 9.24. The average molecular weight is 288 g/mol. The van der Waals surface area contributed by atoms with E-state index in [-0.39, 0.29) is 5.75 Å². The molecule has 0 aliphatic rings. The zero-order valence-corrected chi connectivity index (χ0v) is 11.4. The summed E-state index contributed by atoms with van der Waals surface area (Å²) in [6.07, 6.45) is 1.75. The largest absolute Gasteiger partial charge is 0.507 e. The van der Waals surface area contributed by atoms with Crippen molar-refractivity contribution >= 4 is 34.3 Å². The Bertz CT molecular complexity index is 745. The molecule has 2 aromatic carbocycles. The van der Waals surface area contributed by atoms with Gasteiger partial charge in [0, 0.05) is 21.5 Å². The van der Waals surface area contributed by atoms with Crippen LogP contribution in [0.4, 0.5) is 0 Å². The zero-order chi connectivity index (χ0) is 13.2. The van der Waals surface area contributed by atoms with Gasteiger partial charge in [-0.05, 0) is 30.3 Å². The van der Waals surface area contributed by atoms with Gasteiger partial charge in [0.05, 0.1) is 10.4 Å². The fourth-order valence-electron chi connectivity index (χ4n) is 1.85. The smallest absolute Gasteiger partial charge is 0.129 e. The van der Waals surface area contributed by atoms with Crippen LogP contribution in [-0.4, -0.2) is 10.1 Å². The Morgan fingerprint density at radius 2 is 1.84 bits per heavy atom. The van der Waals surface area contributed by atoms with Gasteiger partial charge in [0.15, 0.2) is 0 Å². The van der Waals surface area contributed by atoms with Gasteiger partial charge in [0.2, 0.25) is 0 Å². The Hall–Kier alpha value is -1.71. The Morgan fingerprint density at radius 1 is 1.00 bits per heavy atom. The molecule has 0 aliphatic heterocycles. The maximum Gasteiger partial charge on any atom is 0.129 e. The van der Waals surface area contributed by atoms with Gasteiger partial charge >= 0.3 is 0 Å². The van der Waals surface area contributed by atoms with Crippen LogP contribution in [0.1, 0.15) is 0 Å². The number of para-hydroxylation sites is 1. The first-order valence-corrected chi connectivity index (χ1v) is 6.93. The summed E-state index contributed by atoms with van der Waals surface area (Å²) in [7, 11) is 0. The third kappa shape index (κ3) is 2.53. The van der Waals surface area contributed by atoms with Gasteiger partial charge in [-0.1, -0.05) is 41.6 Å². The molecule has 0 bridgehead atoms. The third-order valence-corrected chi connectivity index (χ3v) is 4.13. The number of phenolic OH excluding ortho intramolecular Hbond substituents is 1. The molecule has 3 aromatic rings. The standard InChI is InChI=1S/C15H10ClNOS/c16-10-5-6-11-12(9-10)17-8-7-14(11)19-15-4-2-1-3-13(15)18/h1-9,18H. The SMILES string of the molecule is Oc1ccccc1Sc1ccnc2cc(Cl)ccc12. The van der Waals surface area contributed by atoms with E-state index >= 15 is 0 Å². The van der Waals surface area contributed by atoms with Crippen LogP contribution in [0.15, 0.2) is 64.5 Å². The average Bonchev–Trinajstić information content (AvgIpc) is 2.41. The topological polar surface area (TPSA) is 33.1 Å². The van der Waals surface area contributed by atoms with E-state index in [1.54, 1.807) is 12.3 Å². The number of rotatable bonds is 2. The summed E-state index contributed by atoms with van der Waals surface area (Å²) in [5.74, 6) is 0.284. The van der Waals surface area contributed by atoms with Gasteiger partial charge in [0.25, 0.3) is 0 Å². The van der Waals surface area contributed by atoms with Crippen molar-refractivity contribution in [2.24, 2.45) is 0 Å². The van der Waals surface area contributed by atoms with E-state index in [4.69, 9.17) is 11.6 Å². The molecule has 2 nitrogen and oxygen atoms in total. The summed E-state index contributed by atoms with van der Waals surface area (Å²) in [6, 6.07) is 14.9. The van der Waals surface area contributed by atoms with E-state index in [0.29, 0.717) is 5.02 Å². The molecule has 3 rings (SSSR count). The molecule has 1 heterocycles. The molecule has 0 atom stereocenters. The van der Waals surface area contributed by atoms with Crippen LogP contribution in [-0.2, 0) is 0 Å². The summed E-state index contributed by atoms with van der Waals surface area (Å²) >= 11 is 7.49. The second-order valence-corrected chi connectivity index (χ2v) is 5.56. The first kappa shape index (κ1) is 12.3. The van der Waals surface area contributed by atoms with Gasteiger partial charge in [-0.15, -0.1) is 0 Å². The van der Waals surface area contributed by atoms with Crippen LogP contribution in [0, 0.1) is 0 Å². The highest BCUT2D eigenvalue weighted by Gasteiger charge is 2.07. The Balaban J connectivity index is 2.09. The van der Waals surface area contributed by atoms with Gasteiger partial charge in [0.1, 0.15) is 5.75 Å². The van der Waals surface area contributed by atoms with E-state index in [1.807, 2.05) is 42.5 Å². The van der Waals surface area contributed by atoms with Crippen molar-refractivity contribution in [3.63, 3.8) is 0 Å². The van der Waals surface area contributed by atoms with E-state index in [0.717, 1.165) is 20.7 Å². The molecule has 1 N–H and O–H groups in total. The van der Waals surface area contributed by atoms with Crippen molar-refractivity contribution < 1.29 is 5.11 Å². The molecule has 4 heteroatoms. The van der Waals surface area contributed by atoms with Gasteiger partial charge in [-0.25, -0.2) is 0 Å². The van der Waals surface area contributed by atoms with Crippen LogP contribution < -0.4 is 0 Å². The molecule has 0 radical (unpaired) electrons. The summed E-state index contributed by atoms with van der Waals surface area (Å²) < 4.78 is 0. The normalized spacial score (nSPS) is 10.8. The molecule has 0 saturated carbocycles. The number of halogens is 1. The molecular weight excluding hydrogens is 278 g/mol. The molecule has 0 fully saturated rings. The summed E-state index contributed by atoms with van der Waals surface area (Å²) in [5, 5.41) is 11.5. The molecule has 1 aromatic heterocycles. The fraction of sp³-hybridized carbons (Fsp3) is 0. The highest BCUT2D eigenvalue weighted by molar-refractivity contribution is 7.99. The van der Waals surface area contributed by atoms with Gasteiger partial charge in [-0.3, -0.25) is 4.98 Å². The molecule has 0 amide bonds. The number of fused-ring (bicyclic) bond motifs is 1. The molecule has 0 unspecified atom stereocenters. The summed E-state index contributed by atoms with van der Waals surface area (Å²) in [5.41, 5.74) is 0.855. The van der Waals surface area contributed by atoms with Crippen molar-refractivity contribution in [2.45, 2.75) is 9.79 Å². The van der Waals surface area contributed by atoms with Gasteiger partial charge < -0.3 is 5.11 Å². The fourth-order valence-corrected chi connectivity index (χ4v) is 2.98.